The summed E-state index contributed by atoms with van der Waals surface area (Å²) < 4.78 is 14.5. The number of aliphatic hydroxyl groups excluding tert-OH is 1. The Bertz CT molecular complexity index is 1170. The van der Waals surface area contributed by atoms with Crippen molar-refractivity contribution in [2.24, 2.45) is 0 Å². The molecule has 2 aromatic carbocycles. The molecule has 40 heavy (non-hydrogen) atoms. The van der Waals surface area contributed by atoms with E-state index in [0.717, 1.165) is 36.4 Å². The molecule has 0 aliphatic carbocycles. The molecule has 10 heteroatoms. The Balaban J connectivity index is 1.46. The van der Waals surface area contributed by atoms with Gasteiger partial charge < -0.3 is 30.6 Å². The number of hydrogen-bond acceptors (Lipinski definition) is 6. The molecule has 4 atom stereocenters. The number of aliphatic hydroxyl groups is 1. The monoisotopic (exact) mass is 554 g/mol. The SMILES string of the molecule is Cc1c(O)cccc1C(=O)NC(Cc1ccccc1)C(O)C(=O)N1CC(F)CC1C(=O)NCCN1CCCCC1. The summed E-state index contributed by atoms with van der Waals surface area (Å²) in [5, 5.41) is 26.8. The van der Waals surface area contributed by atoms with Gasteiger partial charge in [0.05, 0.1) is 12.6 Å². The predicted octanol–water partition coefficient (Wildman–Crippen LogP) is 1.94. The van der Waals surface area contributed by atoms with E-state index in [-0.39, 0.29) is 30.7 Å². The number of rotatable bonds is 10. The lowest BCUT2D eigenvalue weighted by Gasteiger charge is -2.30. The van der Waals surface area contributed by atoms with E-state index in [1.807, 2.05) is 18.2 Å². The van der Waals surface area contributed by atoms with E-state index in [2.05, 4.69) is 15.5 Å². The maximum Gasteiger partial charge on any atom is 0.254 e. The van der Waals surface area contributed by atoms with Gasteiger partial charge in [0.15, 0.2) is 6.10 Å². The molecule has 4 N–H and O–H groups in total. The zero-order chi connectivity index (χ0) is 28.6. The Morgan fingerprint density at radius 3 is 2.50 bits per heavy atom. The van der Waals surface area contributed by atoms with Crippen molar-refractivity contribution in [1.82, 2.24) is 20.4 Å². The molecule has 0 radical (unpaired) electrons. The van der Waals surface area contributed by atoms with Crippen molar-refractivity contribution in [1.29, 1.82) is 0 Å². The van der Waals surface area contributed by atoms with Crippen LogP contribution >= 0.6 is 0 Å². The van der Waals surface area contributed by atoms with Crippen LogP contribution in [-0.4, -0.2) is 94.8 Å². The standard InChI is InChI=1S/C30H39FN4O5/c1-20-23(11-8-12-26(20)36)28(38)33-24(17-21-9-4-2-5-10-21)27(37)30(40)35-19-22(31)18-25(35)29(39)32-13-16-34-14-6-3-7-15-34/h2,4-5,8-12,22,24-25,27,36-37H,3,6-7,13-19H2,1H3,(H,32,39)(H,33,38). The maximum absolute atomic E-state index is 14.5. The maximum atomic E-state index is 14.5. The molecule has 216 valence electrons. The van der Waals surface area contributed by atoms with Crippen LogP contribution in [0.2, 0.25) is 0 Å². The molecule has 0 aromatic heterocycles. The first kappa shape index (κ1) is 29.5. The number of phenols is 1. The van der Waals surface area contributed by atoms with Gasteiger partial charge >= 0.3 is 0 Å². The van der Waals surface area contributed by atoms with Crippen molar-refractivity contribution in [2.45, 2.75) is 63.4 Å². The number of hydrogen-bond donors (Lipinski definition) is 4. The molecule has 2 aliphatic rings. The summed E-state index contributed by atoms with van der Waals surface area (Å²) in [7, 11) is 0. The summed E-state index contributed by atoms with van der Waals surface area (Å²) in [6.07, 6.45) is 0.324. The van der Waals surface area contributed by atoms with E-state index in [1.165, 1.54) is 24.6 Å². The van der Waals surface area contributed by atoms with E-state index in [9.17, 15) is 29.0 Å². The zero-order valence-electron chi connectivity index (χ0n) is 22.9. The first-order valence-corrected chi connectivity index (χ1v) is 14.0. The Hall–Kier alpha value is -3.50. The van der Waals surface area contributed by atoms with Crippen LogP contribution in [0.1, 0.15) is 47.2 Å². The Morgan fingerprint density at radius 2 is 1.77 bits per heavy atom. The van der Waals surface area contributed by atoms with Crippen molar-refractivity contribution >= 4 is 17.7 Å². The minimum Gasteiger partial charge on any atom is -0.508 e. The molecule has 2 fully saturated rings. The molecule has 0 bridgehead atoms. The van der Waals surface area contributed by atoms with Crippen molar-refractivity contribution in [3.63, 3.8) is 0 Å². The summed E-state index contributed by atoms with van der Waals surface area (Å²) in [5.41, 5.74) is 1.33. The van der Waals surface area contributed by atoms with Crippen LogP contribution < -0.4 is 10.6 Å². The Morgan fingerprint density at radius 1 is 1.05 bits per heavy atom. The van der Waals surface area contributed by atoms with E-state index in [1.54, 1.807) is 19.1 Å². The van der Waals surface area contributed by atoms with Gasteiger partial charge in [-0.15, -0.1) is 0 Å². The van der Waals surface area contributed by atoms with Gasteiger partial charge in [-0.1, -0.05) is 42.8 Å². The molecular weight excluding hydrogens is 515 g/mol. The van der Waals surface area contributed by atoms with E-state index >= 15 is 0 Å². The number of carbonyl (C=O) groups excluding carboxylic acids is 3. The van der Waals surface area contributed by atoms with Crippen LogP contribution in [0.4, 0.5) is 4.39 Å². The van der Waals surface area contributed by atoms with E-state index < -0.39 is 42.1 Å². The lowest BCUT2D eigenvalue weighted by molar-refractivity contribution is -0.146. The lowest BCUT2D eigenvalue weighted by atomic mass is 9.98. The van der Waals surface area contributed by atoms with Crippen LogP contribution in [0.25, 0.3) is 0 Å². The number of alkyl halides is 1. The predicted molar refractivity (Wildman–Crippen MR) is 149 cm³/mol. The topological polar surface area (TPSA) is 122 Å². The quantitative estimate of drug-likeness (QED) is 0.356. The fourth-order valence-electron chi connectivity index (χ4n) is 5.48. The minimum absolute atomic E-state index is 0.0518. The fourth-order valence-corrected chi connectivity index (χ4v) is 5.48. The first-order chi connectivity index (χ1) is 19.2. The Labute approximate surface area is 234 Å². The van der Waals surface area contributed by atoms with Crippen molar-refractivity contribution in [2.75, 3.05) is 32.7 Å². The number of benzene rings is 2. The van der Waals surface area contributed by atoms with Gasteiger partial charge in [0.1, 0.15) is 18.0 Å². The molecule has 2 saturated heterocycles. The third-order valence-electron chi connectivity index (χ3n) is 7.81. The third kappa shape index (κ3) is 7.37. The molecule has 4 rings (SSSR count). The summed E-state index contributed by atoms with van der Waals surface area (Å²) >= 11 is 0. The average molecular weight is 555 g/mol. The van der Waals surface area contributed by atoms with Gasteiger partial charge in [-0.25, -0.2) is 4.39 Å². The highest BCUT2D eigenvalue weighted by atomic mass is 19.1. The van der Waals surface area contributed by atoms with Gasteiger partial charge in [0.2, 0.25) is 5.91 Å². The summed E-state index contributed by atoms with van der Waals surface area (Å²) in [5.74, 6) is -1.89. The molecular formula is C30H39FN4O5. The molecule has 9 nitrogen and oxygen atoms in total. The second-order valence-electron chi connectivity index (χ2n) is 10.7. The van der Waals surface area contributed by atoms with Crippen LogP contribution in [0.5, 0.6) is 5.75 Å². The van der Waals surface area contributed by atoms with Gasteiger partial charge in [0.25, 0.3) is 11.8 Å². The minimum atomic E-state index is -1.73. The second-order valence-corrected chi connectivity index (χ2v) is 10.7. The third-order valence-corrected chi connectivity index (χ3v) is 7.81. The number of aromatic hydroxyl groups is 1. The molecule has 2 heterocycles. The number of carbonyl (C=O) groups is 3. The highest BCUT2D eigenvalue weighted by molar-refractivity contribution is 5.97. The zero-order valence-corrected chi connectivity index (χ0v) is 22.9. The smallest absolute Gasteiger partial charge is 0.254 e. The van der Waals surface area contributed by atoms with Crippen LogP contribution in [0, 0.1) is 6.92 Å². The summed E-state index contributed by atoms with van der Waals surface area (Å²) in [6, 6.07) is 11.5. The van der Waals surface area contributed by atoms with Crippen molar-refractivity contribution in [3.05, 3.63) is 65.2 Å². The average Bonchev–Trinajstić information content (AvgIpc) is 3.36. The number of halogens is 1. The fraction of sp³-hybridized carbons (Fsp3) is 0.500. The summed E-state index contributed by atoms with van der Waals surface area (Å²) in [4.78, 5) is 43.0. The molecule has 3 amide bonds. The highest BCUT2D eigenvalue weighted by Gasteiger charge is 2.43. The number of amides is 3. The van der Waals surface area contributed by atoms with Crippen LogP contribution in [0.15, 0.2) is 48.5 Å². The van der Waals surface area contributed by atoms with Gasteiger partial charge in [-0.3, -0.25) is 14.4 Å². The normalized spacial score (nSPS) is 21.0. The van der Waals surface area contributed by atoms with Gasteiger partial charge in [0, 0.05) is 30.6 Å². The van der Waals surface area contributed by atoms with Gasteiger partial charge in [-0.05, 0) is 57.0 Å². The van der Waals surface area contributed by atoms with Crippen molar-refractivity contribution < 1.29 is 29.0 Å². The number of nitrogens with one attached hydrogen (secondary N) is 2. The number of piperidine rings is 1. The first-order valence-electron chi connectivity index (χ1n) is 14.0. The Kier molecular flexibility index (Phi) is 10.1. The second kappa shape index (κ2) is 13.7. The highest BCUT2D eigenvalue weighted by Crippen LogP contribution is 2.24. The molecule has 0 saturated carbocycles. The van der Waals surface area contributed by atoms with Crippen molar-refractivity contribution in [3.8, 4) is 5.75 Å². The number of phenolic OH excluding ortho intramolecular Hbond substituents is 1. The lowest BCUT2D eigenvalue weighted by Crippen LogP contribution is -2.56. The van der Waals surface area contributed by atoms with E-state index in [4.69, 9.17) is 0 Å². The number of likely N-dealkylation sites (tertiary alicyclic amines) is 2. The molecule has 2 aliphatic heterocycles. The summed E-state index contributed by atoms with van der Waals surface area (Å²) in [6.45, 7) is 4.34. The molecule has 0 spiro atoms. The molecule has 4 unspecified atom stereocenters. The van der Waals surface area contributed by atoms with Crippen LogP contribution in [-0.2, 0) is 16.0 Å². The van der Waals surface area contributed by atoms with E-state index in [0.29, 0.717) is 18.7 Å². The number of nitrogens with zero attached hydrogens (tertiary/aromatic N) is 2. The molecule has 2 aromatic rings. The largest absolute Gasteiger partial charge is 0.508 e. The van der Waals surface area contributed by atoms with Gasteiger partial charge in [-0.2, -0.15) is 0 Å². The van der Waals surface area contributed by atoms with Crippen LogP contribution in [0.3, 0.4) is 0 Å².